The topological polar surface area (TPSA) is 56.1 Å². The number of rotatable bonds is 7. The van der Waals surface area contributed by atoms with Crippen LogP contribution in [0.5, 0.6) is 5.75 Å². The summed E-state index contributed by atoms with van der Waals surface area (Å²) in [7, 11) is 2.03. The van der Waals surface area contributed by atoms with Crippen LogP contribution in [0.3, 0.4) is 0 Å². The average Bonchev–Trinajstić information content (AvgIpc) is 3.05. The van der Waals surface area contributed by atoms with Crippen molar-refractivity contribution in [2.75, 3.05) is 20.2 Å². The Hall–Kier alpha value is -2.73. The zero-order valence-electron chi connectivity index (χ0n) is 13.0. The minimum atomic E-state index is 0.618. The highest BCUT2D eigenvalue weighted by Crippen LogP contribution is 2.10. The Bertz CT molecular complexity index is 714. The van der Waals surface area contributed by atoms with Gasteiger partial charge in [-0.2, -0.15) is 4.68 Å². The van der Waals surface area contributed by atoms with Gasteiger partial charge in [0.25, 0.3) is 0 Å². The van der Waals surface area contributed by atoms with Gasteiger partial charge in [0.2, 0.25) is 0 Å². The molecule has 0 amide bonds. The molecule has 0 spiro atoms. The summed E-state index contributed by atoms with van der Waals surface area (Å²) in [5.41, 5.74) is 0.960. The fraction of sp³-hybridized carbons (Fsp3) is 0.235. The maximum atomic E-state index is 5.71. The Morgan fingerprint density at radius 1 is 1.00 bits per heavy atom. The van der Waals surface area contributed by atoms with Crippen molar-refractivity contribution in [3.8, 4) is 11.4 Å². The average molecular weight is 309 g/mol. The molecule has 3 rings (SSSR count). The van der Waals surface area contributed by atoms with E-state index >= 15 is 0 Å². The van der Waals surface area contributed by atoms with E-state index in [1.807, 2.05) is 67.7 Å². The fourth-order valence-corrected chi connectivity index (χ4v) is 2.23. The zero-order chi connectivity index (χ0) is 15.9. The van der Waals surface area contributed by atoms with Crippen LogP contribution in [0.25, 0.3) is 5.69 Å². The Labute approximate surface area is 135 Å². The van der Waals surface area contributed by atoms with Crippen molar-refractivity contribution in [2.45, 2.75) is 6.54 Å². The molecular formula is C17H19N5O. The van der Waals surface area contributed by atoms with Crippen LogP contribution in [0.4, 0.5) is 0 Å². The molecule has 0 aliphatic heterocycles. The molecule has 0 saturated heterocycles. The molecule has 0 fully saturated rings. The predicted molar refractivity (Wildman–Crippen MR) is 87.4 cm³/mol. The molecule has 0 aliphatic carbocycles. The van der Waals surface area contributed by atoms with Crippen molar-refractivity contribution in [3.63, 3.8) is 0 Å². The van der Waals surface area contributed by atoms with E-state index in [0.29, 0.717) is 13.2 Å². The maximum absolute atomic E-state index is 5.71. The van der Waals surface area contributed by atoms with Crippen molar-refractivity contribution in [3.05, 3.63) is 66.5 Å². The first-order valence-electron chi connectivity index (χ1n) is 7.52. The van der Waals surface area contributed by atoms with E-state index < -0.39 is 0 Å². The molecule has 6 nitrogen and oxygen atoms in total. The number of nitrogens with zero attached hydrogens (tertiary/aromatic N) is 5. The van der Waals surface area contributed by atoms with Crippen molar-refractivity contribution in [1.82, 2.24) is 25.1 Å². The smallest absolute Gasteiger partial charge is 0.170 e. The number of hydrogen-bond acceptors (Lipinski definition) is 5. The van der Waals surface area contributed by atoms with Crippen LogP contribution in [-0.2, 0) is 6.54 Å². The maximum Gasteiger partial charge on any atom is 0.170 e. The summed E-state index contributed by atoms with van der Waals surface area (Å²) in [6.45, 7) is 2.06. The summed E-state index contributed by atoms with van der Waals surface area (Å²) in [6, 6.07) is 19.7. The molecule has 1 heterocycles. The number of hydrogen-bond donors (Lipinski definition) is 0. The van der Waals surface area contributed by atoms with Crippen LogP contribution < -0.4 is 4.74 Å². The van der Waals surface area contributed by atoms with Crippen molar-refractivity contribution >= 4 is 0 Å². The lowest BCUT2D eigenvalue weighted by molar-refractivity contribution is 0.228. The first-order chi connectivity index (χ1) is 11.3. The van der Waals surface area contributed by atoms with Crippen LogP contribution in [0.1, 0.15) is 5.82 Å². The third-order valence-corrected chi connectivity index (χ3v) is 3.43. The molecule has 0 saturated carbocycles. The molecule has 3 aromatic rings. The number of para-hydroxylation sites is 2. The second-order valence-corrected chi connectivity index (χ2v) is 5.24. The van der Waals surface area contributed by atoms with Crippen LogP contribution in [0, 0.1) is 0 Å². The first kappa shape index (κ1) is 15.2. The second-order valence-electron chi connectivity index (χ2n) is 5.24. The summed E-state index contributed by atoms with van der Waals surface area (Å²) < 4.78 is 7.47. The summed E-state index contributed by atoms with van der Waals surface area (Å²) in [6.07, 6.45) is 0. The summed E-state index contributed by atoms with van der Waals surface area (Å²) in [5, 5.41) is 12.0. The Morgan fingerprint density at radius 3 is 2.43 bits per heavy atom. The Kier molecular flexibility index (Phi) is 4.95. The molecule has 6 heteroatoms. The molecule has 0 N–H and O–H groups in total. The fourth-order valence-electron chi connectivity index (χ4n) is 2.23. The molecule has 118 valence electrons. The van der Waals surface area contributed by atoms with Crippen molar-refractivity contribution in [2.24, 2.45) is 0 Å². The molecular weight excluding hydrogens is 290 g/mol. The number of benzene rings is 2. The van der Waals surface area contributed by atoms with Crippen LogP contribution in [0.2, 0.25) is 0 Å². The zero-order valence-corrected chi connectivity index (χ0v) is 13.0. The van der Waals surface area contributed by atoms with Gasteiger partial charge in [-0.15, -0.1) is 5.10 Å². The van der Waals surface area contributed by atoms with Gasteiger partial charge in [0.05, 0.1) is 12.2 Å². The van der Waals surface area contributed by atoms with Gasteiger partial charge in [0, 0.05) is 6.54 Å². The molecule has 0 radical (unpaired) electrons. The third kappa shape index (κ3) is 4.14. The summed E-state index contributed by atoms with van der Waals surface area (Å²) >= 11 is 0. The molecule has 0 bridgehead atoms. The molecule has 0 aliphatic rings. The monoisotopic (exact) mass is 309 g/mol. The molecule has 23 heavy (non-hydrogen) atoms. The minimum absolute atomic E-state index is 0.618. The van der Waals surface area contributed by atoms with Crippen LogP contribution in [0.15, 0.2) is 60.7 Å². The highest BCUT2D eigenvalue weighted by atomic mass is 16.5. The van der Waals surface area contributed by atoms with E-state index in [9.17, 15) is 0 Å². The number of likely N-dealkylation sites (N-methyl/N-ethyl adjacent to an activating group) is 1. The Balaban J connectivity index is 1.54. The molecule has 1 aromatic heterocycles. The summed E-state index contributed by atoms with van der Waals surface area (Å²) in [5.74, 6) is 1.69. The third-order valence-electron chi connectivity index (χ3n) is 3.43. The van der Waals surface area contributed by atoms with Gasteiger partial charge in [-0.1, -0.05) is 36.4 Å². The lowest BCUT2D eigenvalue weighted by atomic mass is 10.3. The summed E-state index contributed by atoms with van der Waals surface area (Å²) in [4.78, 5) is 2.13. The van der Waals surface area contributed by atoms with Crippen molar-refractivity contribution < 1.29 is 4.74 Å². The lowest BCUT2D eigenvalue weighted by Gasteiger charge is -2.16. The normalized spacial score (nSPS) is 10.9. The van der Waals surface area contributed by atoms with Gasteiger partial charge in [-0.25, -0.2) is 0 Å². The molecule has 0 atom stereocenters. The standard InChI is InChI=1S/C17H19N5O/c1-21(12-13-23-16-10-6-3-7-11-16)14-17-18-19-20-22(17)15-8-4-2-5-9-15/h2-11H,12-14H2,1H3. The SMILES string of the molecule is CN(CCOc1ccccc1)Cc1nnnn1-c1ccccc1. The van der Waals surface area contributed by atoms with Gasteiger partial charge in [0.1, 0.15) is 12.4 Å². The molecule has 0 unspecified atom stereocenters. The van der Waals surface area contributed by atoms with E-state index in [1.54, 1.807) is 4.68 Å². The van der Waals surface area contributed by atoms with Gasteiger partial charge in [-0.3, -0.25) is 4.90 Å². The van der Waals surface area contributed by atoms with Gasteiger partial charge < -0.3 is 4.74 Å². The van der Waals surface area contributed by atoms with Crippen molar-refractivity contribution in [1.29, 1.82) is 0 Å². The van der Waals surface area contributed by atoms with Crippen LogP contribution in [-0.4, -0.2) is 45.3 Å². The predicted octanol–water partition coefficient (Wildman–Crippen LogP) is 2.17. The van der Waals surface area contributed by atoms with E-state index in [1.165, 1.54) is 0 Å². The van der Waals surface area contributed by atoms with Gasteiger partial charge in [-0.05, 0) is 41.7 Å². The minimum Gasteiger partial charge on any atom is -0.492 e. The number of aromatic nitrogens is 4. The highest BCUT2D eigenvalue weighted by Gasteiger charge is 2.10. The first-order valence-corrected chi connectivity index (χ1v) is 7.52. The second kappa shape index (κ2) is 7.51. The highest BCUT2D eigenvalue weighted by molar-refractivity contribution is 5.30. The molecule has 2 aromatic carbocycles. The van der Waals surface area contributed by atoms with E-state index in [-0.39, 0.29) is 0 Å². The largest absolute Gasteiger partial charge is 0.492 e. The Morgan fingerprint density at radius 2 is 1.70 bits per heavy atom. The number of tetrazole rings is 1. The quantitative estimate of drug-likeness (QED) is 0.669. The van der Waals surface area contributed by atoms with E-state index in [2.05, 4.69) is 20.4 Å². The van der Waals surface area contributed by atoms with E-state index in [4.69, 9.17) is 4.74 Å². The lowest BCUT2D eigenvalue weighted by Crippen LogP contribution is -2.25. The number of ether oxygens (including phenoxy) is 1. The van der Waals surface area contributed by atoms with Gasteiger partial charge in [0.15, 0.2) is 5.82 Å². The van der Waals surface area contributed by atoms with Crippen LogP contribution >= 0.6 is 0 Å². The van der Waals surface area contributed by atoms with E-state index in [0.717, 1.165) is 23.8 Å². The van der Waals surface area contributed by atoms with Gasteiger partial charge >= 0.3 is 0 Å².